The van der Waals surface area contributed by atoms with Crippen LogP contribution in [0.3, 0.4) is 0 Å². The number of nitrogens with two attached hydrogens (primary N) is 1. The van der Waals surface area contributed by atoms with Crippen molar-refractivity contribution < 1.29 is 0 Å². The van der Waals surface area contributed by atoms with Crippen LogP contribution in [0.15, 0.2) is 6.20 Å². The summed E-state index contributed by atoms with van der Waals surface area (Å²) >= 11 is 2.04. The van der Waals surface area contributed by atoms with Gasteiger partial charge in [0.1, 0.15) is 11.6 Å². The molecule has 18 heavy (non-hydrogen) atoms. The Hall–Kier alpha value is -0.810. The molecule has 0 amide bonds. The van der Waals surface area contributed by atoms with Gasteiger partial charge in [0.05, 0.1) is 0 Å². The van der Waals surface area contributed by atoms with Crippen molar-refractivity contribution in [3.8, 4) is 0 Å². The monoisotopic (exact) mass is 266 g/mol. The van der Waals surface area contributed by atoms with Gasteiger partial charge < -0.3 is 10.6 Å². The van der Waals surface area contributed by atoms with E-state index in [4.69, 9.17) is 5.73 Å². The normalized spacial score (nSPS) is 19.7. The zero-order valence-corrected chi connectivity index (χ0v) is 12.3. The Kier molecular flexibility index (Phi) is 4.12. The first-order valence-corrected chi connectivity index (χ1v) is 7.42. The summed E-state index contributed by atoms with van der Waals surface area (Å²) in [5.74, 6) is 2.99. The van der Waals surface area contributed by atoms with Crippen molar-refractivity contribution in [3.63, 3.8) is 0 Å². The van der Waals surface area contributed by atoms with Gasteiger partial charge in [0, 0.05) is 41.9 Å². The summed E-state index contributed by atoms with van der Waals surface area (Å²) in [4.78, 5) is 11.2. The van der Waals surface area contributed by atoms with Crippen LogP contribution in [0.4, 0.5) is 5.82 Å². The molecule has 0 radical (unpaired) electrons. The maximum absolute atomic E-state index is 5.79. The summed E-state index contributed by atoms with van der Waals surface area (Å²) in [5, 5.41) is 0. The molecule has 0 bridgehead atoms. The molecule has 1 aliphatic heterocycles. The first-order chi connectivity index (χ1) is 8.52. The highest BCUT2D eigenvalue weighted by Gasteiger charge is 2.25. The van der Waals surface area contributed by atoms with Crippen LogP contribution in [0.1, 0.15) is 31.7 Å². The van der Waals surface area contributed by atoms with Crippen LogP contribution >= 0.6 is 11.8 Å². The minimum absolute atomic E-state index is 0.361. The predicted molar refractivity (Wildman–Crippen MR) is 78.0 cm³/mol. The molecule has 0 aromatic carbocycles. The molecule has 2 rings (SSSR count). The largest absolute Gasteiger partial charge is 0.355 e. The lowest BCUT2D eigenvalue weighted by Crippen LogP contribution is -2.29. The second-order valence-electron chi connectivity index (χ2n) is 5.32. The van der Waals surface area contributed by atoms with E-state index in [1.165, 1.54) is 6.42 Å². The van der Waals surface area contributed by atoms with E-state index in [2.05, 4.69) is 28.7 Å². The molecule has 2 N–H and O–H groups in total. The molecule has 1 aliphatic rings. The van der Waals surface area contributed by atoms with Crippen molar-refractivity contribution in [1.82, 2.24) is 9.97 Å². The van der Waals surface area contributed by atoms with Crippen molar-refractivity contribution >= 4 is 17.6 Å². The highest BCUT2D eigenvalue weighted by molar-refractivity contribution is 8.00. The summed E-state index contributed by atoms with van der Waals surface area (Å²) < 4.78 is 0.361. The third-order valence-corrected chi connectivity index (χ3v) is 4.69. The maximum Gasteiger partial charge on any atom is 0.136 e. The Balaban J connectivity index is 2.23. The first kappa shape index (κ1) is 13.6. The van der Waals surface area contributed by atoms with E-state index >= 15 is 0 Å². The highest BCUT2D eigenvalue weighted by Crippen LogP contribution is 2.32. The molecule has 1 saturated heterocycles. The Morgan fingerprint density at radius 2 is 2.22 bits per heavy atom. The number of thioether (sulfide) groups is 1. The quantitative estimate of drug-likeness (QED) is 0.887. The van der Waals surface area contributed by atoms with Crippen LogP contribution in [0.2, 0.25) is 0 Å². The van der Waals surface area contributed by atoms with Crippen LogP contribution < -0.4 is 10.6 Å². The van der Waals surface area contributed by atoms with Crippen molar-refractivity contribution in [3.05, 3.63) is 17.6 Å². The van der Waals surface area contributed by atoms with Crippen molar-refractivity contribution in [2.75, 3.05) is 23.7 Å². The van der Waals surface area contributed by atoms with E-state index in [1.807, 2.05) is 24.9 Å². The third kappa shape index (κ3) is 3.14. The summed E-state index contributed by atoms with van der Waals surface area (Å²) in [7, 11) is 0. The fraction of sp³-hybridized carbons (Fsp3) is 0.692. The van der Waals surface area contributed by atoms with E-state index in [0.717, 1.165) is 36.0 Å². The lowest BCUT2D eigenvalue weighted by molar-refractivity contribution is 0.633. The minimum atomic E-state index is 0.361. The molecular weight excluding hydrogens is 244 g/mol. The number of rotatable bonds is 2. The molecule has 0 spiro atoms. The molecule has 0 atom stereocenters. The lowest BCUT2D eigenvalue weighted by Gasteiger charge is -2.25. The second-order valence-corrected chi connectivity index (χ2v) is 7.12. The van der Waals surface area contributed by atoms with E-state index in [9.17, 15) is 0 Å². The van der Waals surface area contributed by atoms with Crippen molar-refractivity contribution in [2.45, 2.75) is 38.5 Å². The zero-order valence-electron chi connectivity index (χ0n) is 11.4. The number of anilines is 1. The second kappa shape index (κ2) is 5.45. The average Bonchev–Trinajstić information content (AvgIpc) is 2.50. The van der Waals surface area contributed by atoms with Gasteiger partial charge in [-0.05, 0) is 13.3 Å². The topological polar surface area (TPSA) is 55.0 Å². The molecular formula is C13H22N4S. The zero-order chi connectivity index (χ0) is 13.2. The molecule has 100 valence electrons. The number of aryl methyl sites for hydroxylation is 1. The van der Waals surface area contributed by atoms with Gasteiger partial charge in [0.2, 0.25) is 0 Å². The minimum Gasteiger partial charge on any atom is -0.355 e. The summed E-state index contributed by atoms with van der Waals surface area (Å²) in [6.07, 6.45) is 3.03. The van der Waals surface area contributed by atoms with Gasteiger partial charge in [-0.3, -0.25) is 0 Å². The average molecular weight is 266 g/mol. The molecule has 4 nitrogen and oxygen atoms in total. The van der Waals surface area contributed by atoms with E-state index in [1.54, 1.807) is 0 Å². The molecule has 2 heterocycles. The van der Waals surface area contributed by atoms with Crippen LogP contribution in [0.5, 0.6) is 0 Å². The molecule has 0 saturated carbocycles. The number of aromatic nitrogens is 2. The van der Waals surface area contributed by atoms with E-state index in [0.29, 0.717) is 11.3 Å². The molecule has 1 aromatic rings. The van der Waals surface area contributed by atoms with Gasteiger partial charge in [-0.2, -0.15) is 11.8 Å². The molecule has 1 fully saturated rings. The van der Waals surface area contributed by atoms with Crippen LogP contribution in [-0.4, -0.2) is 33.6 Å². The smallest absolute Gasteiger partial charge is 0.136 e. The van der Waals surface area contributed by atoms with Crippen molar-refractivity contribution in [1.29, 1.82) is 0 Å². The van der Waals surface area contributed by atoms with Gasteiger partial charge >= 0.3 is 0 Å². The first-order valence-electron chi connectivity index (χ1n) is 6.43. The molecule has 0 aliphatic carbocycles. The third-order valence-electron chi connectivity index (χ3n) is 3.32. The fourth-order valence-corrected chi connectivity index (χ4v) is 3.23. The SMILES string of the molecule is Cc1ncc(CN)c(N2CCSC(C)(C)CC2)n1. The van der Waals surface area contributed by atoms with Gasteiger partial charge in [0.25, 0.3) is 0 Å². The van der Waals surface area contributed by atoms with E-state index < -0.39 is 0 Å². The van der Waals surface area contributed by atoms with Gasteiger partial charge in [-0.15, -0.1) is 0 Å². The summed E-state index contributed by atoms with van der Waals surface area (Å²) in [5.41, 5.74) is 6.83. The van der Waals surface area contributed by atoms with Crippen LogP contribution in [0.25, 0.3) is 0 Å². The van der Waals surface area contributed by atoms with Crippen LogP contribution in [0, 0.1) is 6.92 Å². The Morgan fingerprint density at radius 3 is 2.94 bits per heavy atom. The number of hydrogen-bond acceptors (Lipinski definition) is 5. The Bertz CT molecular complexity index is 419. The molecule has 5 heteroatoms. The summed E-state index contributed by atoms with van der Waals surface area (Å²) in [6.45, 7) is 9.15. The predicted octanol–water partition coefficient (Wildman–Crippen LogP) is 1.97. The summed E-state index contributed by atoms with van der Waals surface area (Å²) in [6, 6.07) is 0. The van der Waals surface area contributed by atoms with Gasteiger partial charge in [0.15, 0.2) is 0 Å². The Morgan fingerprint density at radius 1 is 1.44 bits per heavy atom. The standard InChI is InChI=1S/C13H22N4S/c1-10-15-9-11(8-14)12(16-10)17-5-4-13(2,3)18-7-6-17/h9H,4-8,14H2,1-3H3. The highest BCUT2D eigenvalue weighted by atomic mass is 32.2. The van der Waals surface area contributed by atoms with Gasteiger partial charge in [-0.1, -0.05) is 13.8 Å². The molecule has 1 aromatic heterocycles. The Labute approximate surface area is 113 Å². The fourth-order valence-electron chi connectivity index (χ4n) is 2.13. The van der Waals surface area contributed by atoms with Gasteiger partial charge in [-0.25, -0.2) is 9.97 Å². The maximum atomic E-state index is 5.79. The van der Waals surface area contributed by atoms with E-state index in [-0.39, 0.29) is 0 Å². The van der Waals surface area contributed by atoms with Crippen LogP contribution in [-0.2, 0) is 6.54 Å². The molecule has 0 unspecified atom stereocenters. The number of nitrogens with zero attached hydrogens (tertiary/aromatic N) is 3. The number of hydrogen-bond donors (Lipinski definition) is 1. The lowest BCUT2D eigenvalue weighted by atomic mass is 10.1. The van der Waals surface area contributed by atoms with Crippen molar-refractivity contribution in [2.24, 2.45) is 5.73 Å².